The Kier molecular flexibility index (Phi) is 5.09. The fraction of sp³-hybridized carbons (Fsp3) is 0.267. The second-order valence-electron chi connectivity index (χ2n) is 4.49. The standard InChI is InChI=1S/C15H17N3O3/c1-16-14-10-13(18(19)20)11-15(17-14)21-9-5-8-12-6-3-2-4-7-12/h2-4,6-7,10-11H,5,8-9H2,1H3,(H,16,17). The molecule has 0 radical (unpaired) electrons. The Morgan fingerprint density at radius 3 is 2.71 bits per heavy atom. The van der Waals surface area contributed by atoms with E-state index in [0.717, 1.165) is 12.8 Å². The highest BCUT2D eigenvalue weighted by atomic mass is 16.6. The van der Waals surface area contributed by atoms with Gasteiger partial charge in [-0.2, -0.15) is 4.98 Å². The van der Waals surface area contributed by atoms with Crippen LogP contribution in [0.4, 0.5) is 11.5 Å². The molecule has 0 unspecified atom stereocenters. The number of pyridine rings is 1. The average Bonchev–Trinajstić information content (AvgIpc) is 2.52. The average molecular weight is 287 g/mol. The van der Waals surface area contributed by atoms with Crippen molar-refractivity contribution >= 4 is 11.5 Å². The summed E-state index contributed by atoms with van der Waals surface area (Å²) in [5.74, 6) is 0.684. The number of rotatable bonds is 7. The van der Waals surface area contributed by atoms with E-state index in [2.05, 4.69) is 22.4 Å². The number of anilines is 1. The molecule has 1 aromatic carbocycles. The van der Waals surface area contributed by atoms with E-state index in [-0.39, 0.29) is 11.6 Å². The Labute approximate surface area is 122 Å². The molecule has 0 amide bonds. The van der Waals surface area contributed by atoms with Crippen molar-refractivity contribution in [3.8, 4) is 5.88 Å². The van der Waals surface area contributed by atoms with Gasteiger partial charge in [-0.25, -0.2) is 0 Å². The van der Waals surface area contributed by atoms with Crippen LogP contribution in [0.25, 0.3) is 0 Å². The minimum atomic E-state index is -0.459. The summed E-state index contributed by atoms with van der Waals surface area (Å²) in [4.78, 5) is 14.5. The molecule has 2 aromatic rings. The van der Waals surface area contributed by atoms with Gasteiger partial charge in [0.1, 0.15) is 5.82 Å². The number of hydrogen-bond donors (Lipinski definition) is 1. The third kappa shape index (κ3) is 4.45. The molecule has 1 N–H and O–H groups in total. The molecular weight excluding hydrogens is 270 g/mol. The predicted octanol–water partition coefficient (Wildman–Crippen LogP) is 3.04. The first-order chi connectivity index (χ1) is 10.2. The van der Waals surface area contributed by atoms with E-state index in [1.165, 1.54) is 17.7 Å². The molecule has 6 heteroatoms. The summed E-state index contributed by atoms with van der Waals surface area (Å²) < 4.78 is 5.51. The Bertz CT molecular complexity index is 602. The maximum absolute atomic E-state index is 10.8. The minimum absolute atomic E-state index is 0.0348. The summed E-state index contributed by atoms with van der Waals surface area (Å²) in [6.07, 6.45) is 1.72. The van der Waals surface area contributed by atoms with Crippen molar-refractivity contribution in [3.63, 3.8) is 0 Å². The maximum Gasteiger partial charge on any atom is 0.278 e. The third-order valence-corrected chi connectivity index (χ3v) is 2.96. The second-order valence-corrected chi connectivity index (χ2v) is 4.49. The van der Waals surface area contributed by atoms with Gasteiger partial charge in [0.25, 0.3) is 5.69 Å². The van der Waals surface area contributed by atoms with E-state index in [1.807, 2.05) is 18.2 Å². The van der Waals surface area contributed by atoms with Crippen LogP contribution in [-0.2, 0) is 6.42 Å². The lowest BCUT2D eigenvalue weighted by atomic mass is 10.1. The van der Waals surface area contributed by atoms with Crippen molar-refractivity contribution in [2.45, 2.75) is 12.8 Å². The number of nitrogens with zero attached hydrogens (tertiary/aromatic N) is 2. The van der Waals surface area contributed by atoms with E-state index >= 15 is 0 Å². The van der Waals surface area contributed by atoms with E-state index < -0.39 is 4.92 Å². The van der Waals surface area contributed by atoms with Gasteiger partial charge in [-0.15, -0.1) is 0 Å². The molecule has 0 bridgehead atoms. The number of nitrogens with one attached hydrogen (secondary N) is 1. The van der Waals surface area contributed by atoms with Gasteiger partial charge in [0.15, 0.2) is 0 Å². The number of nitro groups is 1. The van der Waals surface area contributed by atoms with Crippen LogP contribution in [0.2, 0.25) is 0 Å². The van der Waals surface area contributed by atoms with Crippen LogP contribution in [0, 0.1) is 10.1 Å². The van der Waals surface area contributed by atoms with Crippen molar-refractivity contribution in [1.29, 1.82) is 0 Å². The van der Waals surface area contributed by atoms with Crippen LogP contribution in [0.1, 0.15) is 12.0 Å². The molecule has 0 aliphatic heterocycles. The Morgan fingerprint density at radius 2 is 2.05 bits per heavy atom. The normalized spacial score (nSPS) is 10.1. The smallest absolute Gasteiger partial charge is 0.278 e. The summed E-state index contributed by atoms with van der Waals surface area (Å²) in [7, 11) is 1.66. The molecule has 0 aliphatic carbocycles. The lowest BCUT2D eigenvalue weighted by Gasteiger charge is -2.07. The first-order valence-electron chi connectivity index (χ1n) is 6.70. The Morgan fingerprint density at radius 1 is 1.29 bits per heavy atom. The molecule has 1 heterocycles. The van der Waals surface area contributed by atoms with Gasteiger partial charge in [0.05, 0.1) is 23.7 Å². The topological polar surface area (TPSA) is 77.3 Å². The molecule has 0 fully saturated rings. The van der Waals surface area contributed by atoms with Crippen LogP contribution in [-0.4, -0.2) is 23.6 Å². The van der Waals surface area contributed by atoms with Gasteiger partial charge in [-0.1, -0.05) is 30.3 Å². The lowest BCUT2D eigenvalue weighted by molar-refractivity contribution is -0.384. The fourth-order valence-electron chi connectivity index (χ4n) is 1.90. The number of aryl methyl sites for hydroxylation is 1. The monoisotopic (exact) mass is 287 g/mol. The zero-order chi connectivity index (χ0) is 15.1. The predicted molar refractivity (Wildman–Crippen MR) is 80.7 cm³/mol. The van der Waals surface area contributed by atoms with E-state index in [9.17, 15) is 10.1 Å². The Hall–Kier alpha value is -2.63. The molecule has 6 nitrogen and oxygen atoms in total. The molecule has 1 aromatic heterocycles. The quantitative estimate of drug-likeness (QED) is 0.481. The van der Waals surface area contributed by atoms with Crippen molar-refractivity contribution in [2.24, 2.45) is 0 Å². The Balaban J connectivity index is 1.90. The van der Waals surface area contributed by atoms with Crippen molar-refractivity contribution in [1.82, 2.24) is 4.98 Å². The summed E-state index contributed by atoms with van der Waals surface area (Å²) >= 11 is 0. The fourth-order valence-corrected chi connectivity index (χ4v) is 1.90. The molecule has 0 atom stereocenters. The first kappa shape index (κ1) is 14.8. The molecule has 21 heavy (non-hydrogen) atoms. The van der Waals surface area contributed by atoms with Gasteiger partial charge in [-0.05, 0) is 18.4 Å². The molecule has 0 spiro atoms. The van der Waals surface area contributed by atoms with Gasteiger partial charge < -0.3 is 10.1 Å². The number of benzene rings is 1. The number of ether oxygens (including phenoxy) is 1. The summed E-state index contributed by atoms with van der Waals surface area (Å²) in [5, 5.41) is 13.6. The third-order valence-electron chi connectivity index (χ3n) is 2.96. The van der Waals surface area contributed by atoms with E-state index in [1.54, 1.807) is 7.05 Å². The lowest BCUT2D eigenvalue weighted by Crippen LogP contribution is -2.03. The van der Waals surface area contributed by atoms with Crippen LogP contribution in [0.15, 0.2) is 42.5 Å². The summed E-state index contributed by atoms with van der Waals surface area (Å²) in [5.41, 5.74) is 1.21. The second kappa shape index (κ2) is 7.23. The van der Waals surface area contributed by atoms with E-state index in [0.29, 0.717) is 12.4 Å². The van der Waals surface area contributed by atoms with Crippen LogP contribution in [0.3, 0.4) is 0 Å². The number of hydrogen-bond acceptors (Lipinski definition) is 5. The maximum atomic E-state index is 10.8. The SMILES string of the molecule is CNc1cc([N+](=O)[O-])cc(OCCCc2ccccc2)n1. The largest absolute Gasteiger partial charge is 0.477 e. The zero-order valence-electron chi connectivity index (χ0n) is 11.8. The van der Waals surface area contributed by atoms with Gasteiger partial charge in [0.2, 0.25) is 5.88 Å². The molecule has 0 saturated carbocycles. The summed E-state index contributed by atoms with van der Waals surface area (Å²) in [6, 6.07) is 12.8. The van der Waals surface area contributed by atoms with Crippen LogP contribution >= 0.6 is 0 Å². The van der Waals surface area contributed by atoms with Gasteiger partial charge in [0, 0.05) is 7.05 Å². The van der Waals surface area contributed by atoms with Crippen LogP contribution in [0.5, 0.6) is 5.88 Å². The highest BCUT2D eigenvalue weighted by molar-refractivity contribution is 5.47. The van der Waals surface area contributed by atoms with Gasteiger partial charge in [-0.3, -0.25) is 10.1 Å². The highest BCUT2D eigenvalue weighted by Gasteiger charge is 2.11. The van der Waals surface area contributed by atoms with Crippen molar-refractivity contribution in [2.75, 3.05) is 19.0 Å². The van der Waals surface area contributed by atoms with E-state index in [4.69, 9.17) is 4.74 Å². The molecular formula is C15H17N3O3. The number of aromatic nitrogens is 1. The molecule has 0 aliphatic rings. The molecule has 0 saturated heterocycles. The first-order valence-corrected chi connectivity index (χ1v) is 6.70. The highest BCUT2D eigenvalue weighted by Crippen LogP contribution is 2.22. The van der Waals surface area contributed by atoms with Crippen molar-refractivity contribution < 1.29 is 9.66 Å². The molecule has 2 rings (SSSR count). The van der Waals surface area contributed by atoms with Crippen molar-refractivity contribution in [3.05, 3.63) is 58.1 Å². The minimum Gasteiger partial charge on any atom is -0.477 e. The summed E-state index contributed by atoms with van der Waals surface area (Å²) in [6.45, 7) is 0.465. The van der Waals surface area contributed by atoms with Crippen LogP contribution < -0.4 is 10.1 Å². The zero-order valence-corrected chi connectivity index (χ0v) is 11.8. The molecule has 110 valence electrons. The van der Waals surface area contributed by atoms with Gasteiger partial charge >= 0.3 is 0 Å².